The van der Waals surface area contributed by atoms with Gasteiger partial charge in [0, 0.05) is 45.7 Å². The minimum absolute atomic E-state index is 0.0560. The number of carbonyl (C=O) groups excluding carboxylic acids is 2. The number of furan rings is 1. The molecule has 2 amide bonds. The zero-order valence-electron chi connectivity index (χ0n) is 20.3. The van der Waals surface area contributed by atoms with Crippen LogP contribution in [0.1, 0.15) is 40.9 Å². The summed E-state index contributed by atoms with van der Waals surface area (Å²) in [6.45, 7) is 3.32. The van der Waals surface area contributed by atoms with Gasteiger partial charge in [-0.1, -0.05) is 37.3 Å². The summed E-state index contributed by atoms with van der Waals surface area (Å²) >= 11 is 0. The van der Waals surface area contributed by atoms with Gasteiger partial charge in [0.25, 0.3) is 5.91 Å². The molecule has 0 fully saturated rings. The van der Waals surface area contributed by atoms with Crippen LogP contribution < -0.4 is 10.2 Å². The van der Waals surface area contributed by atoms with Crippen molar-refractivity contribution in [1.82, 2.24) is 4.90 Å². The van der Waals surface area contributed by atoms with Gasteiger partial charge >= 0.3 is 0 Å². The Morgan fingerprint density at radius 2 is 1.82 bits per heavy atom. The fraction of sp³-hybridized carbons (Fsp3) is 0.333. The van der Waals surface area contributed by atoms with Crippen molar-refractivity contribution < 1.29 is 18.7 Å². The van der Waals surface area contributed by atoms with Crippen LogP contribution in [0, 0.1) is 0 Å². The van der Waals surface area contributed by atoms with Crippen molar-refractivity contribution in [2.75, 3.05) is 44.6 Å². The van der Waals surface area contributed by atoms with Gasteiger partial charge in [-0.15, -0.1) is 0 Å². The minimum atomic E-state index is -0.323. The Bertz CT molecular complexity index is 1060. The number of methoxy groups -OCH3 is 1. The van der Waals surface area contributed by atoms with Gasteiger partial charge in [-0.3, -0.25) is 9.59 Å². The standard InChI is InChI=1S/C27H33N3O4/c1-5-23(20-10-7-6-8-11-20)27(32)30(15-17-33-4)19-21-18-22(13-14-24(21)29(2)3)28-26(31)25-12-9-16-34-25/h6-14,16,18,23H,5,15,17,19H2,1-4H3,(H,28,31). The average Bonchev–Trinajstić information content (AvgIpc) is 3.38. The summed E-state index contributed by atoms with van der Waals surface area (Å²) in [5.41, 5.74) is 3.54. The number of rotatable bonds is 11. The summed E-state index contributed by atoms with van der Waals surface area (Å²) < 4.78 is 10.5. The smallest absolute Gasteiger partial charge is 0.291 e. The van der Waals surface area contributed by atoms with Crippen LogP contribution in [0.2, 0.25) is 0 Å². The van der Waals surface area contributed by atoms with E-state index in [2.05, 4.69) is 5.32 Å². The zero-order chi connectivity index (χ0) is 24.5. The van der Waals surface area contributed by atoms with Gasteiger partial charge in [0.2, 0.25) is 5.91 Å². The predicted molar refractivity (Wildman–Crippen MR) is 134 cm³/mol. The Kier molecular flexibility index (Phi) is 8.87. The SMILES string of the molecule is CCC(C(=O)N(CCOC)Cc1cc(NC(=O)c2ccco2)ccc1N(C)C)c1ccccc1. The van der Waals surface area contributed by atoms with Crippen LogP contribution in [-0.2, 0) is 16.1 Å². The highest BCUT2D eigenvalue weighted by Gasteiger charge is 2.25. The number of hydrogen-bond acceptors (Lipinski definition) is 5. The Labute approximate surface area is 201 Å². The lowest BCUT2D eigenvalue weighted by atomic mass is 9.94. The number of hydrogen-bond donors (Lipinski definition) is 1. The van der Waals surface area contributed by atoms with Crippen LogP contribution in [0.4, 0.5) is 11.4 Å². The van der Waals surface area contributed by atoms with Crippen molar-refractivity contribution in [3.05, 3.63) is 83.8 Å². The van der Waals surface area contributed by atoms with Gasteiger partial charge in [0.1, 0.15) is 0 Å². The molecule has 0 radical (unpaired) electrons. The molecule has 1 atom stereocenters. The molecule has 0 aliphatic rings. The van der Waals surface area contributed by atoms with E-state index in [0.717, 1.165) is 16.8 Å². The maximum absolute atomic E-state index is 13.7. The van der Waals surface area contributed by atoms with E-state index in [-0.39, 0.29) is 23.5 Å². The van der Waals surface area contributed by atoms with Crippen molar-refractivity contribution >= 4 is 23.2 Å². The normalized spacial score (nSPS) is 11.6. The van der Waals surface area contributed by atoms with Crippen molar-refractivity contribution in [3.63, 3.8) is 0 Å². The number of carbonyl (C=O) groups is 2. The highest BCUT2D eigenvalue weighted by atomic mass is 16.5. The predicted octanol–water partition coefficient (Wildman–Crippen LogP) is 4.77. The third-order valence-electron chi connectivity index (χ3n) is 5.71. The first kappa shape index (κ1) is 25.1. The largest absolute Gasteiger partial charge is 0.459 e. The fourth-order valence-electron chi connectivity index (χ4n) is 3.96. The number of ether oxygens (including phenoxy) is 1. The third-order valence-corrected chi connectivity index (χ3v) is 5.71. The van der Waals surface area contributed by atoms with E-state index >= 15 is 0 Å². The molecule has 0 aliphatic carbocycles. The number of benzene rings is 2. The van der Waals surface area contributed by atoms with Crippen LogP contribution in [0.15, 0.2) is 71.3 Å². The van der Waals surface area contributed by atoms with Gasteiger partial charge in [-0.05, 0) is 47.9 Å². The first-order valence-corrected chi connectivity index (χ1v) is 11.4. The number of nitrogens with one attached hydrogen (secondary N) is 1. The molecule has 34 heavy (non-hydrogen) atoms. The van der Waals surface area contributed by atoms with E-state index in [4.69, 9.17) is 9.15 Å². The lowest BCUT2D eigenvalue weighted by Crippen LogP contribution is -2.37. The van der Waals surface area contributed by atoms with Crippen LogP contribution in [0.25, 0.3) is 0 Å². The fourth-order valence-corrected chi connectivity index (χ4v) is 3.96. The molecule has 1 N–H and O–H groups in total. The summed E-state index contributed by atoms with van der Waals surface area (Å²) in [5, 5.41) is 2.88. The molecule has 0 saturated carbocycles. The molecule has 7 nitrogen and oxygen atoms in total. The highest BCUT2D eigenvalue weighted by Crippen LogP contribution is 2.28. The molecule has 180 valence electrons. The van der Waals surface area contributed by atoms with Crippen molar-refractivity contribution in [1.29, 1.82) is 0 Å². The topological polar surface area (TPSA) is 75.0 Å². The summed E-state index contributed by atoms with van der Waals surface area (Å²) in [7, 11) is 5.55. The Morgan fingerprint density at radius 3 is 2.44 bits per heavy atom. The van der Waals surface area contributed by atoms with Crippen LogP contribution in [0.5, 0.6) is 0 Å². The molecule has 1 unspecified atom stereocenters. The highest BCUT2D eigenvalue weighted by molar-refractivity contribution is 6.02. The number of nitrogens with zero attached hydrogens (tertiary/aromatic N) is 2. The Balaban J connectivity index is 1.89. The van der Waals surface area contributed by atoms with E-state index in [1.165, 1.54) is 6.26 Å². The van der Waals surface area contributed by atoms with Crippen molar-refractivity contribution in [2.45, 2.75) is 25.8 Å². The second-order valence-corrected chi connectivity index (χ2v) is 8.29. The molecule has 2 aromatic carbocycles. The first-order chi connectivity index (χ1) is 16.4. The van der Waals surface area contributed by atoms with Gasteiger partial charge in [-0.25, -0.2) is 0 Å². The van der Waals surface area contributed by atoms with Crippen LogP contribution in [0.3, 0.4) is 0 Å². The van der Waals surface area contributed by atoms with Crippen molar-refractivity contribution in [2.24, 2.45) is 0 Å². The lowest BCUT2D eigenvalue weighted by Gasteiger charge is -2.29. The summed E-state index contributed by atoms with van der Waals surface area (Å²) in [5.74, 6) is -0.261. The Hall–Kier alpha value is -3.58. The van der Waals surface area contributed by atoms with Gasteiger partial charge in [0.05, 0.1) is 18.8 Å². The van der Waals surface area contributed by atoms with E-state index in [0.29, 0.717) is 31.8 Å². The number of anilines is 2. The minimum Gasteiger partial charge on any atom is -0.459 e. The average molecular weight is 464 g/mol. The van der Waals surface area contributed by atoms with E-state index < -0.39 is 0 Å². The number of amides is 2. The molecule has 0 saturated heterocycles. The molecule has 0 bridgehead atoms. The molecular weight excluding hydrogens is 430 g/mol. The monoisotopic (exact) mass is 463 g/mol. The van der Waals surface area contributed by atoms with Gasteiger partial charge < -0.3 is 24.3 Å². The molecule has 0 spiro atoms. The second-order valence-electron chi connectivity index (χ2n) is 8.29. The summed E-state index contributed by atoms with van der Waals surface area (Å²) in [6, 6.07) is 18.9. The van der Waals surface area contributed by atoms with Crippen LogP contribution in [-0.4, -0.2) is 51.1 Å². The molecule has 3 rings (SSSR count). The summed E-state index contributed by atoms with van der Waals surface area (Å²) in [4.78, 5) is 30.0. The second kappa shape index (κ2) is 12.0. The maximum atomic E-state index is 13.7. The van der Waals surface area contributed by atoms with Crippen molar-refractivity contribution in [3.8, 4) is 0 Å². The Morgan fingerprint density at radius 1 is 1.06 bits per heavy atom. The molecule has 1 heterocycles. The quantitative estimate of drug-likeness (QED) is 0.444. The molecule has 0 aliphatic heterocycles. The van der Waals surface area contributed by atoms with Gasteiger partial charge in [-0.2, -0.15) is 0 Å². The first-order valence-electron chi connectivity index (χ1n) is 11.4. The zero-order valence-corrected chi connectivity index (χ0v) is 20.3. The molecule has 7 heteroatoms. The van der Waals surface area contributed by atoms with E-state index in [1.54, 1.807) is 19.2 Å². The van der Waals surface area contributed by atoms with Gasteiger partial charge in [0.15, 0.2) is 5.76 Å². The molecule has 3 aromatic rings. The molecule has 1 aromatic heterocycles. The third kappa shape index (κ3) is 6.26. The summed E-state index contributed by atoms with van der Waals surface area (Å²) in [6.07, 6.45) is 2.16. The van der Waals surface area contributed by atoms with Crippen LogP contribution >= 0.6 is 0 Å². The lowest BCUT2D eigenvalue weighted by molar-refractivity contribution is -0.134. The van der Waals surface area contributed by atoms with E-state index in [1.807, 2.05) is 79.3 Å². The van der Waals surface area contributed by atoms with E-state index in [9.17, 15) is 9.59 Å². The maximum Gasteiger partial charge on any atom is 0.291 e. The molecular formula is C27H33N3O4.